The lowest BCUT2D eigenvalue weighted by atomic mass is 10.1. The Labute approximate surface area is 83.5 Å². The van der Waals surface area contributed by atoms with E-state index in [0.717, 1.165) is 12.0 Å². The third-order valence-electron chi connectivity index (χ3n) is 3.18. The molecule has 0 spiro atoms. The molecule has 0 aromatic heterocycles. The molecular weight excluding hydrogens is 158 g/mol. The Hall–Kier alpha value is -0.0400. The predicted molar refractivity (Wildman–Crippen MR) is 59.0 cm³/mol. The quantitative estimate of drug-likeness (QED) is 0.649. The van der Waals surface area contributed by atoms with Crippen LogP contribution in [0.25, 0.3) is 0 Å². The third-order valence-corrected chi connectivity index (χ3v) is 3.18. The summed E-state index contributed by atoms with van der Waals surface area (Å²) in [6, 6.07) is 0.834. The van der Waals surface area contributed by atoms with Crippen LogP contribution in [0.3, 0.4) is 0 Å². The lowest BCUT2D eigenvalue weighted by Crippen LogP contribution is -2.33. The smallest absolute Gasteiger partial charge is 0.00669 e. The van der Waals surface area contributed by atoms with E-state index in [-0.39, 0.29) is 0 Å². The minimum atomic E-state index is 0.834. The molecule has 0 aromatic rings. The number of hydrogen-bond acceptors (Lipinski definition) is 1. The zero-order valence-corrected chi connectivity index (χ0v) is 9.55. The maximum Gasteiger partial charge on any atom is 0.00669 e. The van der Waals surface area contributed by atoms with E-state index < -0.39 is 0 Å². The van der Waals surface area contributed by atoms with Crippen molar-refractivity contribution in [1.29, 1.82) is 0 Å². The molecule has 0 N–H and O–H groups in total. The van der Waals surface area contributed by atoms with E-state index in [9.17, 15) is 0 Å². The molecular formula is C12H25N. The molecule has 1 aliphatic rings. The van der Waals surface area contributed by atoms with Crippen molar-refractivity contribution in [1.82, 2.24) is 4.90 Å². The Morgan fingerprint density at radius 1 is 1.23 bits per heavy atom. The molecule has 78 valence electrons. The van der Waals surface area contributed by atoms with E-state index in [0.29, 0.717) is 0 Å². The van der Waals surface area contributed by atoms with Crippen LogP contribution in [-0.4, -0.2) is 24.0 Å². The fourth-order valence-corrected chi connectivity index (χ4v) is 2.09. The minimum absolute atomic E-state index is 0.834. The van der Waals surface area contributed by atoms with Crippen LogP contribution in [0.1, 0.15) is 52.9 Å². The van der Waals surface area contributed by atoms with Crippen LogP contribution < -0.4 is 0 Å². The van der Waals surface area contributed by atoms with Gasteiger partial charge >= 0.3 is 0 Å². The number of hydrogen-bond donors (Lipinski definition) is 0. The highest BCUT2D eigenvalue weighted by atomic mass is 15.1. The zero-order valence-electron chi connectivity index (χ0n) is 9.55. The van der Waals surface area contributed by atoms with E-state index in [1.165, 1.54) is 45.2 Å². The molecule has 0 bridgehead atoms. The van der Waals surface area contributed by atoms with Crippen molar-refractivity contribution in [3.8, 4) is 0 Å². The Morgan fingerprint density at radius 2 is 2.00 bits per heavy atom. The van der Waals surface area contributed by atoms with Crippen LogP contribution >= 0.6 is 0 Å². The summed E-state index contributed by atoms with van der Waals surface area (Å²) >= 11 is 0. The van der Waals surface area contributed by atoms with Crippen molar-refractivity contribution >= 4 is 0 Å². The fourth-order valence-electron chi connectivity index (χ4n) is 2.09. The molecule has 1 fully saturated rings. The first kappa shape index (κ1) is 11.0. The normalized spacial score (nSPS) is 26.3. The molecule has 1 heterocycles. The van der Waals surface area contributed by atoms with Gasteiger partial charge < -0.3 is 4.90 Å². The fraction of sp³-hybridized carbons (Fsp3) is 1.00. The predicted octanol–water partition coefficient (Wildman–Crippen LogP) is 3.30. The second-order valence-electron chi connectivity index (χ2n) is 4.92. The van der Waals surface area contributed by atoms with Gasteiger partial charge in [0.05, 0.1) is 0 Å². The molecule has 1 heteroatoms. The van der Waals surface area contributed by atoms with Crippen molar-refractivity contribution in [2.24, 2.45) is 5.92 Å². The first-order chi connectivity index (χ1) is 6.20. The average Bonchev–Trinajstić information content (AvgIpc) is 2.27. The monoisotopic (exact) mass is 183 g/mol. The summed E-state index contributed by atoms with van der Waals surface area (Å²) < 4.78 is 0. The summed E-state index contributed by atoms with van der Waals surface area (Å²) in [6.07, 6.45) is 7.09. The second-order valence-corrected chi connectivity index (χ2v) is 4.92. The molecule has 1 rings (SSSR count). The molecule has 1 aliphatic heterocycles. The summed E-state index contributed by atoms with van der Waals surface area (Å²) in [4.78, 5) is 2.69. The van der Waals surface area contributed by atoms with Crippen molar-refractivity contribution in [3.05, 3.63) is 0 Å². The lowest BCUT2D eigenvalue weighted by molar-refractivity contribution is 0.202. The summed E-state index contributed by atoms with van der Waals surface area (Å²) in [7, 11) is 0. The molecule has 1 atom stereocenters. The van der Waals surface area contributed by atoms with Gasteiger partial charge in [-0.1, -0.05) is 26.7 Å². The highest BCUT2D eigenvalue weighted by Gasteiger charge is 2.16. The molecule has 0 amide bonds. The lowest BCUT2D eigenvalue weighted by Gasteiger charge is -2.27. The first-order valence-electron chi connectivity index (χ1n) is 5.94. The van der Waals surface area contributed by atoms with E-state index in [1.807, 2.05) is 0 Å². The van der Waals surface area contributed by atoms with Crippen molar-refractivity contribution in [2.75, 3.05) is 13.1 Å². The van der Waals surface area contributed by atoms with Gasteiger partial charge in [-0.05, 0) is 45.2 Å². The first-order valence-corrected chi connectivity index (χ1v) is 5.94. The zero-order chi connectivity index (χ0) is 9.68. The van der Waals surface area contributed by atoms with Gasteiger partial charge in [-0.15, -0.1) is 0 Å². The molecule has 0 radical (unpaired) electrons. The van der Waals surface area contributed by atoms with Crippen molar-refractivity contribution in [3.63, 3.8) is 0 Å². The number of likely N-dealkylation sites (tertiary alicyclic amines) is 1. The van der Waals surface area contributed by atoms with Crippen LogP contribution in [-0.2, 0) is 0 Å². The van der Waals surface area contributed by atoms with Gasteiger partial charge in [0.15, 0.2) is 0 Å². The van der Waals surface area contributed by atoms with Gasteiger partial charge in [0.1, 0.15) is 0 Å². The van der Waals surface area contributed by atoms with Gasteiger partial charge in [0.2, 0.25) is 0 Å². The second kappa shape index (κ2) is 5.64. The third kappa shape index (κ3) is 4.12. The standard InChI is InChI=1S/C12H25N/c1-11(2)8-10-13-9-6-4-5-7-12(13)3/h11-12H,4-10H2,1-3H3. The SMILES string of the molecule is CC(C)CCN1CCCCCC1C. The summed E-state index contributed by atoms with van der Waals surface area (Å²) in [5.74, 6) is 0.857. The Morgan fingerprint density at radius 3 is 2.69 bits per heavy atom. The largest absolute Gasteiger partial charge is 0.301 e. The molecule has 1 saturated heterocycles. The maximum atomic E-state index is 2.69. The highest BCUT2D eigenvalue weighted by Crippen LogP contribution is 2.17. The Bertz CT molecular complexity index is 131. The van der Waals surface area contributed by atoms with Crippen LogP contribution in [0, 0.1) is 5.92 Å². The van der Waals surface area contributed by atoms with Crippen LogP contribution in [0.2, 0.25) is 0 Å². The summed E-state index contributed by atoms with van der Waals surface area (Å²) in [5.41, 5.74) is 0. The van der Waals surface area contributed by atoms with Gasteiger partial charge in [-0.3, -0.25) is 0 Å². The number of nitrogens with zero attached hydrogens (tertiary/aromatic N) is 1. The average molecular weight is 183 g/mol. The highest BCUT2D eigenvalue weighted by molar-refractivity contribution is 4.71. The van der Waals surface area contributed by atoms with Crippen LogP contribution in [0.15, 0.2) is 0 Å². The van der Waals surface area contributed by atoms with Crippen molar-refractivity contribution < 1.29 is 0 Å². The number of rotatable bonds is 3. The summed E-state index contributed by atoms with van der Waals surface area (Å²) in [5, 5.41) is 0. The summed E-state index contributed by atoms with van der Waals surface area (Å²) in [6.45, 7) is 9.70. The van der Waals surface area contributed by atoms with Crippen molar-refractivity contribution in [2.45, 2.75) is 58.9 Å². The topological polar surface area (TPSA) is 3.24 Å². The van der Waals surface area contributed by atoms with E-state index in [2.05, 4.69) is 25.7 Å². The molecule has 0 aliphatic carbocycles. The Kier molecular flexibility index (Phi) is 4.79. The minimum Gasteiger partial charge on any atom is -0.301 e. The van der Waals surface area contributed by atoms with Crippen LogP contribution in [0.5, 0.6) is 0 Å². The van der Waals surface area contributed by atoms with E-state index in [4.69, 9.17) is 0 Å². The van der Waals surface area contributed by atoms with Crippen LogP contribution in [0.4, 0.5) is 0 Å². The maximum absolute atomic E-state index is 2.69. The molecule has 1 nitrogen and oxygen atoms in total. The van der Waals surface area contributed by atoms with E-state index >= 15 is 0 Å². The molecule has 13 heavy (non-hydrogen) atoms. The molecule has 0 saturated carbocycles. The molecule has 1 unspecified atom stereocenters. The Balaban J connectivity index is 2.27. The molecule has 0 aromatic carbocycles. The van der Waals surface area contributed by atoms with E-state index in [1.54, 1.807) is 0 Å². The van der Waals surface area contributed by atoms with Gasteiger partial charge in [0.25, 0.3) is 0 Å². The van der Waals surface area contributed by atoms with Gasteiger partial charge in [-0.2, -0.15) is 0 Å². The van der Waals surface area contributed by atoms with Gasteiger partial charge in [0, 0.05) is 6.04 Å². The van der Waals surface area contributed by atoms with Gasteiger partial charge in [-0.25, -0.2) is 0 Å².